The molecule has 0 aliphatic rings. The minimum Gasteiger partial charge on any atom is -0.369 e. The Balaban J connectivity index is 0.000000399. The number of benzene rings is 2. The second-order valence-electron chi connectivity index (χ2n) is 3.38. The van der Waals surface area contributed by atoms with Gasteiger partial charge in [-0.3, -0.25) is 5.43 Å². The number of nitrogens with zero attached hydrogens (tertiary/aromatic N) is 2. The fourth-order valence-corrected chi connectivity index (χ4v) is 1.47. The molecule has 8 nitrogen and oxygen atoms in total. The molecule has 6 N–H and O–H groups in total. The lowest BCUT2D eigenvalue weighted by molar-refractivity contribution is -0.742. The van der Waals surface area contributed by atoms with E-state index in [1.165, 1.54) is 0 Å². The Morgan fingerprint density at radius 2 is 1.84 bits per heavy atom. The largest absolute Gasteiger partial charge is 0.369 e. The van der Waals surface area contributed by atoms with E-state index in [9.17, 15) is 0 Å². The zero-order valence-electron chi connectivity index (χ0n) is 9.85. The van der Waals surface area contributed by atoms with Crippen LogP contribution in [0.3, 0.4) is 0 Å². The molecule has 2 aromatic rings. The predicted molar refractivity (Wildman–Crippen MR) is 71.3 cm³/mol. The summed E-state index contributed by atoms with van der Waals surface area (Å²) >= 11 is 0. The first-order valence-corrected chi connectivity index (χ1v) is 5.16. The maximum atomic E-state index is 8.36. The van der Waals surface area contributed by atoms with E-state index < -0.39 is 5.09 Å². The zero-order chi connectivity index (χ0) is 14.3. The number of fused-ring (bicyclic) bond motifs is 1. The van der Waals surface area contributed by atoms with Crippen LogP contribution in [0.25, 0.3) is 10.8 Å². The molecule has 0 saturated heterocycles. The molecule has 8 heteroatoms. The first-order valence-electron chi connectivity index (χ1n) is 5.16. The molecule has 0 amide bonds. The molecule has 2 rings (SSSR count). The van der Waals surface area contributed by atoms with Gasteiger partial charge in [-0.25, -0.2) is 10.8 Å². The first kappa shape index (κ1) is 14.2. The molecule has 0 heterocycles. The summed E-state index contributed by atoms with van der Waals surface area (Å²) in [5, 5.41) is 15.8. The average Bonchev–Trinajstić information content (AvgIpc) is 2.38. The van der Waals surface area contributed by atoms with Crippen molar-refractivity contribution in [3.63, 3.8) is 0 Å². The summed E-state index contributed by atoms with van der Waals surface area (Å²) in [4.78, 5) is 12.5. The summed E-state index contributed by atoms with van der Waals surface area (Å²) in [5.41, 5.74) is 8.62. The highest BCUT2D eigenvalue weighted by Gasteiger charge is 1.98. The quantitative estimate of drug-likeness (QED) is 0.198. The fraction of sp³-hybridized carbons (Fsp3) is 0. The summed E-state index contributed by atoms with van der Waals surface area (Å²) in [5.74, 6) is 5.36. The summed E-state index contributed by atoms with van der Waals surface area (Å²) in [6.07, 6.45) is 0. The molecule has 0 saturated carbocycles. The second kappa shape index (κ2) is 6.77. The number of guanidine groups is 1. The van der Waals surface area contributed by atoms with Gasteiger partial charge < -0.3 is 10.9 Å². The van der Waals surface area contributed by atoms with Crippen LogP contribution in [0.15, 0.2) is 47.5 Å². The molecule has 0 atom stereocenters. The van der Waals surface area contributed by atoms with Crippen LogP contribution in [-0.2, 0) is 0 Å². The van der Waals surface area contributed by atoms with Gasteiger partial charge in [0.15, 0.2) is 0 Å². The minimum atomic E-state index is -1.50. The number of aliphatic imine (C=N–C) groups is 1. The Bertz CT molecular complexity index is 590. The highest BCUT2D eigenvalue weighted by molar-refractivity contribution is 5.95. The van der Waals surface area contributed by atoms with Crippen LogP contribution >= 0.6 is 0 Å². The number of hydrogen-bond acceptors (Lipinski definition) is 4. The standard InChI is InChI=1S/C11H12N4.HNO3/c12-11(15-13)14-10-7-3-5-8-4-1-2-6-9(8)10;2-1(3)4/h1-7H,13H2,(H3,12,14,15);(H,2,3,4). The Morgan fingerprint density at radius 1 is 1.26 bits per heavy atom. The van der Waals surface area contributed by atoms with E-state index in [1.54, 1.807) is 0 Å². The van der Waals surface area contributed by atoms with Crippen molar-refractivity contribution in [1.82, 2.24) is 5.43 Å². The van der Waals surface area contributed by atoms with Gasteiger partial charge in [0, 0.05) is 5.39 Å². The van der Waals surface area contributed by atoms with Gasteiger partial charge >= 0.3 is 0 Å². The third-order valence-corrected chi connectivity index (χ3v) is 2.16. The third kappa shape index (κ3) is 4.48. The van der Waals surface area contributed by atoms with Crippen LogP contribution in [0.5, 0.6) is 0 Å². The van der Waals surface area contributed by atoms with Gasteiger partial charge in [0.1, 0.15) is 0 Å². The Labute approximate surface area is 108 Å². The summed E-state index contributed by atoms with van der Waals surface area (Å²) in [6, 6.07) is 13.8. The second-order valence-corrected chi connectivity index (χ2v) is 3.38. The van der Waals surface area contributed by atoms with Gasteiger partial charge in [-0.05, 0) is 11.5 Å². The van der Waals surface area contributed by atoms with Crippen molar-refractivity contribution in [1.29, 1.82) is 0 Å². The van der Waals surface area contributed by atoms with Gasteiger partial charge in [-0.2, -0.15) is 0 Å². The van der Waals surface area contributed by atoms with Crippen molar-refractivity contribution in [2.75, 3.05) is 0 Å². The topological polar surface area (TPSA) is 140 Å². The molecule has 100 valence electrons. The molecule has 19 heavy (non-hydrogen) atoms. The lowest BCUT2D eigenvalue weighted by atomic mass is 10.1. The van der Waals surface area contributed by atoms with Gasteiger partial charge in [-0.1, -0.05) is 36.4 Å². The maximum Gasteiger partial charge on any atom is 0.291 e. The fourth-order valence-electron chi connectivity index (χ4n) is 1.47. The molecule has 2 aromatic carbocycles. The first-order chi connectivity index (χ1) is 9.04. The van der Waals surface area contributed by atoms with Crippen molar-refractivity contribution in [2.24, 2.45) is 16.6 Å². The molecule has 0 fully saturated rings. The van der Waals surface area contributed by atoms with Crippen molar-refractivity contribution >= 4 is 22.4 Å². The molecular weight excluding hydrogens is 250 g/mol. The van der Waals surface area contributed by atoms with Crippen LogP contribution in [0.2, 0.25) is 0 Å². The smallest absolute Gasteiger partial charge is 0.291 e. The average molecular weight is 263 g/mol. The van der Waals surface area contributed by atoms with E-state index in [-0.39, 0.29) is 5.96 Å². The number of hydrogen-bond donors (Lipinski definition) is 4. The Morgan fingerprint density at radius 3 is 2.47 bits per heavy atom. The lowest BCUT2D eigenvalue weighted by Crippen LogP contribution is -2.36. The van der Waals surface area contributed by atoms with Crippen LogP contribution in [0.4, 0.5) is 5.69 Å². The maximum absolute atomic E-state index is 8.36. The molecule has 0 aliphatic carbocycles. The lowest BCUT2D eigenvalue weighted by Gasteiger charge is -2.02. The van der Waals surface area contributed by atoms with E-state index in [1.807, 2.05) is 42.5 Å². The van der Waals surface area contributed by atoms with Crippen molar-refractivity contribution < 1.29 is 10.3 Å². The molecule has 0 radical (unpaired) electrons. The summed E-state index contributed by atoms with van der Waals surface area (Å²) in [6.45, 7) is 0. The molecule has 0 aromatic heterocycles. The monoisotopic (exact) mass is 263 g/mol. The van der Waals surface area contributed by atoms with Crippen LogP contribution in [0, 0.1) is 10.1 Å². The van der Waals surface area contributed by atoms with Gasteiger partial charge in [-0.15, -0.1) is 10.1 Å². The predicted octanol–water partition coefficient (Wildman–Crippen LogP) is 0.902. The third-order valence-electron chi connectivity index (χ3n) is 2.16. The highest BCUT2D eigenvalue weighted by Crippen LogP contribution is 2.25. The molecule has 0 unspecified atom stereocenters. The Kier molecular flexibility index (Phi) is 5.05. The number of nitrogens with two attached hydrogens (primary N) is 2. The van der Waals surface area contributed by atoms with E-state index in [0.29, 0.717) is 0 Å². The van der Waals surface area contributed by atoms with Crippen LogP contribution in [-0.4, -0.2) is 16.3 Å². The van der Waals surface area contributed by atoms with Gasteiger partial charge in [0.05, 0.1) is 5.69 Å². The highest BCUT2D eigenvalue weighted by atomic mass is 16.9. The number of rotatable bonds is 1. The van der Waals surface area contributed by atoms with E-state index >= 15 is 0 Å². The van der Waals surface area contributed by atoms with E-state index in [0.717, 1.165) is 16.5 Å². The van der Waals surface area contributed by atoms with E-state index in [2.05, 4.69) is 10.4 Å². The summed E-state index contributed by atoms with van der Waals surface area (Å²) in [7, 11) is 0. The van der Waals surface area contributed by atoms with Crippen LogP contribution < -0.4 is 17.0 Å². The van der Waals surface area contributed by atoms with Crippen molar-refractivity contribution in [3.05, 3.63) is 52.6 Å². The molecule has 0 bridgehead atoms. The Hall–Kier alpha value is -2.87. The molecule has 0 aliphatic heterocycles. The van der Waals surface area contributed by atoms with Crippen molar-refractivity contribution in [3.8, 4) is 0 Å². The number of hydrazine groups is 1. The van der Waals surface area contributed by atoms with Gasteiger partial charge in [0.2, 0.25) is 5.96 Å². The summed E-state index contributed by atoms with van der Waals surface area (Å²) < 4.78 is 0. The SMILES string of the molecule is NNC(N)=Nc1cccc2ccccc12.O=[N+]([O-])O. The number of nitrogens with one attached hydrogen (secondary N) is 1. The van der Waals surface area contributed by atoms with Crippen molar-refractivity contribution in [2.45, 2.75) is 0 Å². The molecular formula is C11H13N5O3. The molecule has 0 spiro atoms. The van der Waals surface area contributed by atoms with Gasteiger partial charge in [0.25, 0.3) is 5.09 Å². The van der Waals surface area contributed by atoms with E-state index in [4.69, 9.17) is 26.9 Å². The minimum absolute atomic E-state index is 0.200. The van der Waals surface area contributed by atoms with Crippen LogP contribution in [0.1, 0.15) is 0 Å². The zero-order valence-corrected chi connectivity index (χ0v) is 9.85. The normalized spacial score (nSPS) is 10.5.